The van der Waals surface area contributed by atoms with Gasteiger partial charge in [-0.05, 0) is 91.5 Å². The molecular weight excluding hydrogens is 596 g/mol. The number of rotatable bonds is 5. The van der Waals surface area contributed by atoms with Gasteiger partial charge in [-0.3, -0.25) is 9.59 Å². The van der Waals surface area contributed by atoms with E-state index in [1.54, 1.807) is 24.3 Å². The van der Waals surface area contributed by atoms with Crippen molar-refractivity contribution in [2.45, 2.75) is 49.5 Å². The molecule has 0 bridgehead atoms. The molecule has 6 rings (SSSR count). The van der Waals surface area contributed by atoms with Crippen molar-refractivity contribution in [3.05, 3.63) is 99.6 Å². The molecule has 11 heteroatoms. The molecule has 3 aliphatic rings. The third kappa shape index (κ3) is 5.80. The Bertz CT molecular complexity index is 1680. The Morgan fingerprint density at radius 3 is 2.30 bits per heavy atom. The lowest BCUT2D eigenvalue weighted by Crippen LogP contribution is -2.49. The van der Waals surface area contributed by atoms with Gasteiger partial charge in [-0.2, -0.15) is 4.31 Å². The van der Waals surface area contributed by atoms with Gasteiger partial charge in [-0.1, -0.05) is 29.8 Å². The largest absolute Gasteiger partial charge is 0.345 e. The first-order valence-corrected chi connectivity index (χ1v) is 16.3. The molecule has 43 heavy (non-hydrogen) atoms. The maximum Gasteiger partial charge on any atom is 0.253 e. The second kappa shape index (κ2) is 11.6. The molecular formula is C32H32ClF2N3O4S. The van der Waals surface area contributed by atoms with Crippen molar-refractivity contribution < 1.29 is 26.8 Å². The van der Waals surface area contributed by atoms with Gasteiger partial charge in [0.1, 0.15) is 16.5 Å². The maximum absolute atomic E-state index is 14.2. The van der Waals surface area contributed by atoms with E-state index in [2.05, 4.69) is 5.32 Å². The molecule has 2 saturated heterocycles. The fourth-order valence-corrected chi connectivity index (χ4v) is 8.37. The Hall–Kier alpha value is -3.34. The number of halogens is 3. The second-order valence-electron chi connectivity index (χ2n) is 11.7. The lowest BCUT2D eigenvalue weighted by Gasteiger charge is -2.46. The SMILES string of the molecule is O=C(NC1CCc2ccc(C(=O)N3CCC4(CC3)CCN(S(=O)(=O)c3ccc(F)cc3F)CC4)cc21)c1ccccc1Cl. The molecule has 0 aromatic heterocycles. The predicted octanol–water partition coefficient (Wildman–Crippen LogP) is 5.74. The van der Waals surface area contributed by atoms with E-state index < -0.39 is 26.6 Å². The Morgan fingerprint density at radius 2 is 1.60 bits per heavy atom. The van der Waals surface area contributed by atoms with Gasteiger partial charge in [0.25, 0.3) is 11.8 Å². The molecule has 2 fully saturated rings. The number of carbonyl (C=O) groups excluding carboxylic acids is 2. The minimum Gasteiger partial charge on any atom is -0.345 e. The van der Waals surface area contributed by atoms with Crippen LogP contribution in [0.25, 0.3) is 0 Å². The molecule has 2 amide bonds. The number of nitrogens with zero attached hydrogens (tertiary/aromatic N) is 2. The highest BCUT2D eigenvalue weighted by atomic mass is 35.5. The molecule has 0 saturated carbocycles. The smallest absolute Gasteiger partial charge is 0.253 e. The third-order valence-corrected chi connectivity index (χ3v) is 11.6. The van der Waals surface area contributed by atoms with Crippen LogP contribution in [0.4, 0.5) is 8.78 Å². The van der Waals surface area contributed by atoms with Crippen LogP contribution in [0.5, 0.6) is 0 Å². The Labute approximate surface area is 254 Å². The van der Waals surface area contributed by atoms with Crippen LogP contribution < -0.4 is 5.32 Å². The van der Waals surface area contributed by atoms with Crippen molar-refractivity contribution in [1.29, 1.82) is 0 Å². The molecule has 2 aliphatic heterocycles. The van der Waals surface area contributed by atoms with Crippen LogP contribution in [-0.2, 0) is 16.4 Å². The maximum atomic E-state index is 14.2. The van der Waals surface area contributed by atoms with Gasteiger partial charge in [-0.25, -0.2) is 17.2 Å². The number of sulfonamides is 1. The average molecular weight is 628 g/mol. The van der Waals surface area contributed by atoms with Crippen LogP contribution in [0.2, 0.25) is 5.02 Å². The molecule has 1 unspecified atom stereocenters. The number of fused-ring (bicyclic) bond motifs is 1. The molecule has 1 aliphatic carbocycles. The van der Waals surface area contributed by atoms with Gasteiger partial charge in [0.15, 0.2) is 0 Å². The van der Waals surface area contributed by atoms with Crippen LogP contribution in [-0.4, -0.2) is 55.6 Å². The van der Waals surface area contributed by atoms with Gasteiger partial charge >= 0.3 is 0 Å². The van der Waals surface area contributed by atoms with Crippen molar-refractivity contribution in [2.75, 3.05) is 26.2 Å². The van der Waals surface area contributed by atoms with Crippen LogP contribution in [0.15, 0.2) is 65.6 Å². The number of aryl methyl sites for hydroxylation is 1. The fraction of sp³-hybridized carbons (Fsp3) is 0.375. The normalized spacial score (nSPS) is 20.2. The first-order valence-electron chi connectivity index (χ1n) is 14.5. The standard InChI is InChI=1S/C32H32ClF2N3O4S/c33-26-4-2-1-3-24(26)30(39)36-28-9-7-21-5-6-22(19-25(21)28)31(40)37-15-11-32(12-16-37)13-17-38(18-14-32)43(41,42)29-10-8-23(34)20-27(29)35/h1-6,8,10,19-20,28H,7,9,11-18H2,(H,36,39). The van der Waals surface area contributed by atoms with E-state index >= 15 is 0 Å². The summed E-state index contributed by atoms with van der Waals surface area (Å²) in [6.07, 6.45) is 4.28. The summed E-state index contributed by atoms with van der Waals surface area (Å²) in [5, 5.41) is 3.46. The molecule has 2 heterocycles. The number of likely N-dealkylation sites (tertiary alicyclic amines) is 1. The lowest BCUT2D eigenvalue weighted by atomic mass is 9.71. The summed E-state index contributed by atoms with van der Waals surface area (Å²) >= 11 is 6.21. The van der Waals surface area contributed by atoms with Gasteiger partial charge in [0.2, 0.25) is 10.0 Å². The molecule has 1 N–H and O–H groups in total. The van der Waals surface area contributed by atoms with Crippen molar-refractivity contribution in [2.24, 2.45) is 5.41 Å². The number of hydrogen-bond donors (Lipinski definition) is 1. The number of hydrogen-bond acceptors (Lipinski definition) is 4. The molecule has 7 nitrogen and oxygen atoms in total. The number of carbonyl (C=O) groups is 2. The Balaban J connectivity index is 1.07. The van der Waals surface area contributed by atoms with E-state index in [-0.39, 0.29) is 36.4 Å². The zero-order valence-corrected chi connectivity index (χ0v) is 25.1. The highest BCUT2D eigenvalue weighted by molar-refractivity contribution is 7.89. The van der Waals surface area contributed by atoms with Gasteiger partial charge in [0, 0.05) is 37.8 Å². The van der Waals surface area contributed by atoms with Crippen molar-refractivity contribution in [1.82, 2.24) is 14.5 Å². The lowest BCUT2D eigenvalue weighted by molar-refractivity contribution is 0.0424. The van der Waals surface area contributed by atoms with Gasteiger partial charge in [0.05, 0.1) is 16.6 Å². The number of amides is 2. The van der Waals surface area contributed by atoms with Crippen LogP contribution in [0.3, 0.4) is 0 Å². The summed E-state index contributed by atoms with van der Waals surface area (Å²) in [5.41, 5.74) is 2.97. The zero-order valence-electron chi connectivity index (χ0n) is 23.5. The average Bonchev–Trinajstić information content (AvgIpc) is 3.39. The zero-order chi connectivity index (χ0) is 30.4. The van der Waals surface area contributed by atoms with Crippen molar-refractivity contribution in [3.63, 3.8) is 0 Å². The minimum atomic E-state index is -4.07. The van der Waals surface area contributed by atoms with Crippen molar-refractivity contribution in [3.8, 4) is 0 Å². The van der Waals surface area contributed by atoms with Crippen molar-refractivity contribution >= 4 is 33.4 Å². The summed E-state index contributed by atoms with van der Waals surface area (Å²) < 4.78 is 54.9. The van der Waals surface area contributed by atoms with Crippen LogP contribution in [0.1, 0.15) is 70.0 Å². The molecule has 3 aromatic carbocycles. The molecule has 1 atom stereocenters. The quantitative estimate of drug-likeness (QED) is 0.391. The summed E-state index contributed by atoms with van der Waals surface area (Å²) in [4.78, 5) is 27.7. The minimum absolute atomic E-state index is 0.0625. The molecule has 3 aromatic rings. The van der Waals surface area contributed by atoms with Crippen LogP contribution >= 0.6 is 11.6 Å². The number of nitrogens with one attached hydrogen (secondary N) is 1. The summed E-state index contributed by atoms with van der Waals surface area (Å²) in [7, 11) is -4.07. The van der Waals surface area contributed by atoms with E-state index in [0.717, 1.165) is 48.9 Å². The molecule has 226 valence electrons. The van der Waals surface area contributed by atoms with Gasteiger partial charge in [-0.15, -0.1) is 0 Å². The Morgan fingerprint density at radius 1 is 0.907 bits per heavy atom. The molecule has 1 spiro atoms. The van der Waals surface area contributed by atoms with E-state index in [0.29, 0.717) is 48.1 Å². The number of piperidine rings is 2. The third-order valence-electron chi connectivity index (χ3n) is 9.30. The fourth-order valence-electron chi connectivity index (χ4n) is 6.66. The number of benzene rings is 3. The second-order valence-corrected chi connectivity index (χ2v) is 14.0. The van der Waals surface area contributed by atoms with E-state index in [1.165, 1.54) is 4.31 Å². The summed E-state index contributed by atoms with van der Waals surface area (Å²) in [5.74, 6) is -2.22. The van der Waals surface area contributed by atoms with E-state index in [4.69, 9.17) is 11.6 Å². The summed E-state index contributed by atoms with van der Waals surface area (Å²) in [6.45, 7) is 1.61. The highest BCUT2D eigenvalue weighted by Crippen LogP contribution is 2.43. The summed E-state index contributed by atoms with van der Waals surface area (Å²) in [6, 6.07) is 14.9. The first-order chi connectivity index (χ1) is 20.6. The highest BCUT2D eigenvalue weighted by Gasteiger charge is 2.42. The van der Waals surface area contributed by atoms with Gasteiger partial charge < -0.3 is 10.2 Å². The van der Waals surface area contributed by atoms with E-state index in [1.807, 2.05) is 23.1 Å². The first kappa shape index (κ1) is 29.7. The monoisotopic (exact) mass is 627 g/mol. The molecule has 0 radical (unpaired) electrons. The van der Waals surface area contributed by atoms with E-state index in [9.17, 15) is 26.8 Å². The predicted molar refractivity (Wildman–Crippen MR) is 158 cm³/mol. The topological polar surface area (TPSA) is 86.8 Å². The Kier molecular flexibility index (Phi) is 8.04. The van der Waals surface area contributed by atoms with Crippen LogP contribution in [0, 0.1) is 17.0 Å².